The molecule has 4 heteroatoms. The largest absolute Gasteiger partial charge is 0.445 e. The van der Waals surface area contributed by atoms with Crippen LogP contribution in [0.3, 0.4) is 0 Å². The minimum Gasteiger partial charge on any atom is -0.445 e. The Hall–Kier alpha value is -2.72. The number of benzene rings is 3. The first-order valence-electron chi connectivity index (χ1n) is 8.58. The van der Waals surface area contributed by atoms with Crippen LogP contribution in [-0.4, -0.2) is 11.8 Å². The van der Waals surface area contributed by atoms with E-state index in [4.69, 9.17) is 4.74 Å². The van der Waals surface area contributed by atoms with E-state index < -0.39 is 12.1 Å². The molecule has 3 rings (SSSR count). The Labute approximate surface area is 167 Å². The quantitative estimate of drug-likeness (QED) is 0.382. The molecule has 0 aliphatic rings. The summed E-state index contributed by atoms with van der Waals surface area (Å²) in [6.45, 7) is 3.92. The summed E-state index contributed by atoms with van der Waals surface area (Å²) in [6.07, 6.45) is -0.996. The second kappa shape index (κ2) is 8.31. The number of Topliss-reactive ketones (excluding diaryl/α,β-unsaturated/α-hetero) is 1. The zero-order chi connectivity index (χ0) is 19.4. The van der Waals surface area contributed by atoms with Crippen molar-refractivity contribution in [3.05, 3.63) is 105 Å². The first kappa shape index (κ1) is 19.1. The highest BCUT2D eigenvalue weighted by Crippen LogP contribution is 2.25. The molecule has 1 atom stereocenters. The van der Waals surface area contributed by atoms with E-state index >= 15 is 0 Å². The summed E-state index contributed by atoms with van der Waals surface area (Å²) in [5.41, 5.74) is 3.68. The number of esters is 1. The molecule has 136 valence electrons. The summed E-state index contributed by atoms with van der Waals surface area (Å²) in [7, 11) is 0. The minimum absolute atomic E-state index is 0.246. The lowest BCUT2D eigenvalue weighted by Gasteiger charge is -2.18. The van der Waals surface area contributed by atoms with Crippen LogP contribution >= 0.6 is 15.9 Å². The third-order valence-corrected chi connectivity index (χ3v) is 4.79. The fourth-order valence-corrected chi connectivity index (χ4v) is 2.91. The Morgan fingerprint density at radius 2 is 1.22 bits per heavy atom. The van der Waals surface area contributed by atoms with Crippen LogP contribution in [0.5, 0.6) is 0 Å². The molecule has 3 aromatic carbocycles. The molecule has 0 amide bonds. The minimum atomic E-state index is -0.996. The van der Waals surface area contributed by atoms with Crippen LogP contribution in [0.2, 0.25) is 0 Å². The summed E-state index contributed by atoms with van der Waals surface area (Å²) in [5.74, 6) is -0.780. The predicted octanol–water partition coefficient (Wildman–Crippen LogP) is 5.85. The molecule has 0 bridgehead atoms. The van der Waals surface area contributed by atoms with Gasteiger partial charge >= 0.3 is 5.97 Å². The lowest BCUT2D eigenvalue weighted by atomic mass is 9.98. The van der Waals surface area contributed by atoms with Gasteiger partial charge in [0.1, 0.15) is 0 Å². The van der Waals surface area contributed by atoms with Crippen molar-refractivity contribution >= 4 is 27.7 Å². The second-order valence-electron chi connectivity index (χ2n) is 6.43. The molecule has 0 aromatic heterocycles. The molecule has 0 saturated carbocycles. The first-order valence-corrected chi connectivity index (χ1v) is 9.37. The monoisotopic (exact) mass is 422 g/mol. The van der Waals surface area contributed by atoms with Gasteiger partial charge in [0.2, 0.25) is 5.78 Å². The summed E-state index contributed by atoms with van der Waals surface area (Å²) >= 11 is 3.34. The molecular formula is C23H19BrO3. The number of carbonyl (C=O) groups excluding carboxylic acids is 2. The Balaban J connectivity index is 1.93. The van der Waals surface area contributed by atoms with Crippen LogP contribution < -0.4 is 0 Å². The van der Waals surface area contributed by atoms with Crippen LogP contribution in [-0.2, 0) is 4.74 Å². The van der Waals surface area contributed by atoms with Gasteiger partial charge in [0.05, 0.1) is 5.56 Å². The Morgan fingerprint density at radius 1 is 0.741 bits per heavy atom. The molecule has 3 aromatic rings. The van der Waals surface area contributed by atoms with Gasteiger partial charge in [-0.1, -0.05) is 75.6 Å². The number of rotatable bonds is 5. The van der Waals surface area contributed by atoms with Crippen molar-refractivity contribution in [3.8, 4) is 0 Å². The van der Waals surface area contributed by atoms with E-state index in [1.54, 1.807) is 36.4 Å². The molecule has 3 nitrogen and oxygen atoms in total. The van der Waals surface area contributed by atoms with Crippen molar-refractivity contribution in [2.45, 2.75) is 20.0 Å². The molecule has 0 spiro atoms. The van der Waals surface area contributed by atoms with Gasteiger partial charge in [0, 0.05) is 15.6 Å². The molecule has 0 fully saturated rings. The standard InChI is InChI=1S/C23H19BrO3/c1-15-3-7-17(8-4-15)21(25)22(18-9-5-16(2)6-10-18)27-23(26)19-11-13-20(24)14-12-19/h3-14,22H,1-2H3. The number of ether oxygens (including phenoxy) is 1. The molecule has 0 heterocycles. The topological polar surface area (TPSA) is 43.4 Å². The first-order chi connectivity index (χ1) is 12.9. The zero-order valence-electron chi connectivity index (χ0n) is 15.1. The molecule has 0 aliphatic carbocycles. The van der Waals surface area contributed by atoms with E-state index in [1.807, 2.05) is 50.2 Å². The maximum Gasteiger partial charge on any atom is 0.339 e. The fourth-order valence-electron chi connectivity index (χ4n) is 2.64. The molecule has 1 unspecified atom stereocenters. The highest BCUT2D eigenvalue weighted by Gasteiger charge is 2.26. The number of hydrogen-bond acceptors (Lipinski definition) is 3. The van der Waals surface area contributed by atoms with Crippen molar-refractivity contribution in [2.75, 3.05) is 0 Å². The number of hydrogen-bond donors (Lipinski definition) is 0. The summed E-state index contributed by atoms with van der Waals surface area (Å²) in [6, 6.07) is 21.5. The molecular weight excluding hydrogens is 404 g/mol. The Bertz CT molecular complexity index is 942. The lowest BCUT2D eigenvalue weighted by Crippen LogP contribution is -2.20. The van der Waals surface area contributed by atoms with E-state index in [2.05, 4.69) is 15.9 Å². The van der Waals surface area contributed by atoms with Gasteiger partial charge in [0.25, 0.3) is 0 Å². The maximum absolute atomic E-state index is 13.1. The van der Waals surface area contributed by atoms with E-state index in [9.17, 15) is 9.59 Å². The maximum atomic E-state index is 13.1. The molecule has 0 radical (unpaired) electrons. The van der Waals surface area contributed by atoms with Crippen molar-refractivity contribution in [2.24, 2.45) is 0 Å². The van der Waals surface area contributed by atoms with E-state index in [1.165, 1.54) is 0 Å². The summed E-state index contributed by atoms with van der Waals surface area (Å²) in [4.78, 5) is 25.7. The van der Waals surface area contributed by atoms with E-state index in [-0.39, 0.29) is 5.78 Å². The van der Waals surface area contributed by atoms with Crippen molar-refractivity contribution in [1.82, 2.24) is 0 Å². The molecule has 0 aliphatic heterocycles. The van der Waals surface area contributed by atoms with E-state index in [0.29, 0.717) is 16.7 Å². The lowest BCUT2D eigenvalue weighted by molar-refractivity contribution is 0.0280. The van der Waals surface area contributed by atoms with Gasteiger partial charge in [0.15, 0.2) is 6.10 Å². The predicted molar refractivity (Wildman–Crippen MR) is 109 cm³/mol. The highest BCUT2D eigenvalue weighted by atomic mass is 79.9. The van der Waals surface area contributed by atoms with Crippen molar-refractivity contribution < 1.29 is 14.3 Å². The van der Waals surface area contributed by atoms with Crippen molar-refractivity contribution in [1.29, 1.82) is 0 Å². The smallest absolute Gasteiger partial charge is 0.339 e. The Kier molecular flexibility index (Phi) is 5.87. The molecule has 27 heavy (non-hydrogen) atoms. The highest BCUT2D eigenvalue weighted by molar-refractivity contribution is 9.10. The van der Waals surface area contributed by atoms with Crippen molar-refractivity contribution in [3.63, 3.8) is 0 Å². The van der Waals surface area contributed by atoms with Crippen LogP contribution in [0, 0.1) is 13.8 Å². The van der Waals surface area contributed by atoms with Gasteiger partial charge < -0.3 is 4.74 Å². The second-order valence-corrected chi connectivity index (χ2v) is 7.35. The van der Waals surface area contributed by atoms with Crippen LogP contribution in [0.25, 0.3) is 0 Å². The van der Waals surface area contributed by atoms with Gasteiger partial charge in [-0.3, -0.25) is 4.79 Å². The number of halogens is 1. The summed E-state index contributed by atoms with van der Waals surface area (Å²) in [5, 5.41) is 0. The van der Waals surface area contributed by atoms with Gasteiger partial charge in [-0.25, -0.2) is 4.79 Å². The SMILES string of the molecule is Cc1ccc(C(=O)C(OC(=O)c2ccc(Br)cc2)c2ccc(C)cc2)cc1. The third-order valence-electron chi connectivity index (χ3n) is 4.26. The zero-order valence-corrected chi connectivity index (χ0v) is 16.7. The van der Waals surface area contributed by atoms with Crippen LogP contribution in [0.15, 0.2) is 77.3 Å². The fraction of sp³-hybridized carbons (Fsp3) is 0.130. The van der Waals surface area contributed by atoms with E-state index in [0.717, 1.165) is 15.6 Å². The number of ketones is 1. The summed E-state index contributed by atoms with van der Waals surface area (Å²) < 4.78 is 6.51. The molecule has 0 saturated heterocycles. The third kappa shape index (κ3) is 4.72. The Morgan fingerprint density at radius 3 is 1.78 bits per heavy atom. The number of aryl methyl sites for hydroxylation is 2. The van der Waals surface area contributed by atoms with Gasteiger partial charge in [-0.05, 0) is 38.1 Å². The average Bonchev–Trinajstić information content (AvgIpc) is 2.67. The average molecular weight is 423 g/mol. The van der Waals surface area contributed by atoms with Gasteiger partial charge in [-0.2, -0.15) is 0 Å². The normalized spacial score (nSPS) is 11.7. The van der Waals surface area contributed by atoms with Gasteiger partial charge in [-0.15, -0.1) is 0 Å². The van der Waals surface area contributed by atoms with Crippen LogP contribution in [0.1, 0.15) is 43.5 Å². The van der Waals surface area contributed by atoms with Crippen LogP contribution in [0.4, 0.5) is 0 Å². The number of carbonyl (C=O) groups is 2. The molecule has 0 N–H and O–H groups in total.